The van der Waals surface area contributed by atoms with E-state index in [1.54, 1.807) is 33.5 Å². The number of rotatable bonds is 8. The van der Waals surface area contributed by atoms with E-state index in [-0.39, 0.29) is 6.42 Å². The summed E-state index contributed by atoms with van der Waals surface area (Å²) in [5.41, 5.74) is 2.10. The number of benzene rings is 2. The molecule has 2 aromatic carbocycles. The van der Waals surface area contributed by atoms with E-state index in [0.717, 1.165) is 11.4 Å². The van der Waals surface area contributed by atoms with Crippen LogP contribution in [0.25, 0.3) is 11.3 Å². The fourth-order valence-electron chi connectivity index (χ4n) is 2.66. The van der Waals surface area contributed by atoms with Crippen LogP contribution in [0.3, 0.4) is 0 Å². The van der Waals surface area contributed by atoms with E-state index >= 15 is 0 Å². The standard InChI is InChI=1S/C20H20N2O5S/c1-25-13-6-4-12(5-7-13)21-20-22-19(17(28-20)11-18(23)24)15-9-8-14(26-2)10-16(15)27-3/h4-10H,11H2,1-3H3,(H,21,22)(H,23,24). The molecule has 0 aliphatic rings. The molecular formula is C20H20N2O5S. The Balaban J connectivity index is 1.99. The molecule has 3 aromatic rings. The number of hydrogen-bond acceptors (Lipinski definition) is 7. The van der Waals surface area contributed by atoms with Crippen molar-refractivity contribution in [1.29, 1.82) is 0 Å². The van der Waals surface area contributed by atoms with Crippen molar-refractivity contribution in [3.63, 3.8) is 0 Å². The molecule has 0 radical (unpaired) electrons. The molecule has 146 valence electrons. The van der Waals surface area contributed by atoms with Crippen LogP contribution in [0.15, 0.2) is 42.5 Å². The highest BCUT2D eigenvalue weighted by Crippen LogP contribution is 2.39. The van der Waals surface area contributed by atoms with Gasteiger partial charge in [0.25, 0.3) is 0 Å². The molecule has 7 nitrogen and oxygen atoms in total. The maximum atomic E-state index is 11.3. The summed E-state index contributed by atoms with van der Waals surface area (Å²) in [7, 11) is 4.73. The number of carboxylic acid groups (broad SMARTS) is 1. The van der Waals surface area contributed by atoms with Crippen LogP contribution in [0.5, 0.6) is 17.2 Å². The Bertz CT molecular complexity index is 969. The van der Waals surface area contributed by atoms with Crippen LogP contribution in [0.2, 0.25) is 0 Å². The van der Waals surface area contributed by atoms with Gasteiger partial charge >= 0.3 is 5.97 Å². The van der Waals surface area contributed by atoms with Gasteiger partial charge < -0.3 is 24.6 Å². The predicted octanol–water partition coefficient (Wildman–Crippen LogP) is 4.21. The fraction of sp³-hybridized carbons (Fsp3) is 0.200. The zero-order valence-electron chi connectivity index (χ0n) is 15.7. The second kappa shape index (κ2) is 8.62. The number of nitrogens with one attached hydrogen (secondary N) is 1. The molecule has 0 saturated heterocycles. The SMILES string of the molecule is COc1ccc(Nc2nc(-c3ccc(OC)cc3OC)c(CC(=O)O)s2)cc1. The van der Waals surface area contributed by atoms with Gasteiger partial charge in [0.2, 0.25) is 0 Å². The number of ether oxygens (including phenoxy) is 3. The summed E-state index contributed by atoms with van der Waals surface area (Å²) < 4.78 is 15.8. The van der Waals surface area contributed by atoms with E-state index in [0.29, 0.717) is 32.8 Å². The molecule has 0 saturated carbocycles. The average molecular weight is 400 g/mol. The summed E-state index contributed by atoms with van der Waals surface area (Å²) in [6, 6.07) is 12.8. The van der Waals surface area contributed by atoms with E-state index in [4.69, 9.17) is 14.2 Å². The molecule has 1 heterocycles. The molecule has 28 heavy (non-hydrogen) atoms. The Hall–Kier alpha value is -3.26. The van der Waals surface area contributed by atoms with Crippen molar-refractivity contribution in [2.75, 3.05) is 26.6 Å². The van der Waals surface area contributed by atoms with Gasteiger partial charge in [0.1, 0.15) is 17.2 Å². The summed E-state index contributed by atoms with van der Waals surface area (Å²) in [4.78, 5) is 16.6. The molecule has 0 aliphatic heterocycles. The number of aromatic nitrogens is 1. The van der Waals surface area contributed by atoms with Crippen LogP contribution in [-0.4, -0.2) is 37.4 Å². The summed E-state index contributed by atoms with van der Waals surface area (Å²) in [5.74, 6) is 1.03. The molecule has 0 spiro atoms. The van der Waals surface area contributed by atoms with Gasteiger partial charge in [-0.15, -0.1) is 11.3 Å². The van der Waals surface area contributed by atoms with Crippen molar-refractivity contribution in [2.45, 2.75) is 6.42 Å². The largest absolute Gasteiger partial charge is 0.497 e. The number of carbonyl (C=O) groups is 1. The molecule has 1 aromatic heterocycles. The third kappa shape index (κ3) is 4.34. The van der Waals surface area contributed by atoms with Crippen molar-refractivity contribution in [3.8, 4) is 28.5 Å². The maximum Gasteiger partial charge on any atom is 0.308 e. The maximum absolute atomic E-state index is 11.3. The lowest BCUT2D eigenvalue weighted by molar-refractivity contribution is -0.136. The predicted molar refractivity (Wildman–Crippen MR) is 108 cm³/mol. The molecule has 0 aliphatic carbocycles. The van der Waals surface area contributed by atoms with Gasteiger partial charge in [-0.2, -0.15) is 0 Å². The first-order valence-corrected chi connectivity index (χ1v) is 9.20. The van der Waals surface area contributed by atoms with E-state index in [9.17, 15) is 9.90 Å². The first kappa shape index (κ1) is 19.5. The van der Waals surface area contributed by atoms with Gasteiger partial charge in [0.15, 0.2) is 5.13 Å². The second-order valence-corrected chi connectivity index (χ2v) is 6.86. The van der Waals surface area contributed by atoms with Gasteiger partial charge in [-0.25, -0.2) is 4.98 Å². The summed E-state index contributed by atoms with van der Waals surface area (Å²) in [6.45, 7) is 0. The van der Waals surface area contributed by atoms with Crippen molar-refractivity contribution in [2.24, 2.45) is 0 Å². The van der Waals surface area contributed by atoms with Crippen molar-refractivity contribution in [3.05, 3.63) is 47.3 Å². The summed E-state index contributed by atoms with van der Waals surface area (Å²) in [6.07, 6.45) is -0.132. The van der Waals surface area contributed by atoms with Crippen LogP contribution in [0.4, 0.5) is 10.8 Å². The summed E-state index contributed by atoms with van der Waals surface area (Å²) in [5, 5.41) is 13.1. The number of hydrogen-bond donors (Lipinski definition) is 2. The first-order chi connectivity index (χ1) is 13.5. The second-order valence-electron chi connectivity index (χ2n) is 5.78. The minimum atomic E-state index is -0.923. The minimum Gasteiger partial charge on any atom is -0.497 e. The Kier molecular flexibility index (Phi) is 6.00. The molecule has 0 bridgehead atoms. The van der Waals surface area contributed by atoms with E-state index < -0.39 is 5.97 Å². The fourth-order valence-corrected chi connectivity index (χ4v) is 3.65. The van der Waals surface area contributed by atoms with Crippen LogP contribution < -0.4 is 19.5 Å². The van der Waals surface area contributed by atoms with Crippen LogP contribution in [-0.2, 0) is 11.2 Å². The van der Waals surface area contributed by atoms with E-state index in [1.807, 2.05) is 30.3 Å². The number of nitrogens with zero attached hydrogens (tertiary/aromatic N) is 1. The lowest BCUT2D eigenvalue weighted by Crippen LogP contribution is -2.00. The number of anilines is 2. The zero-order chi connectivity index (χ0) is 20.1. The van der Waals surface area contributed by atoms with E-state index in [1.165, 1.54) is 11.3 Å². The highest BCUT2D eigenvalue weighted by atomic mass is 32.1. The van der Waals surface area contributed by atoms with Gasteiger partial charge in [0.05, 0.1) is 33.4 Å². The smallest absolute Gasteiger partial charge is 0.308 e. The van der Waals surface area contributed by atoms with E-state index in [2.05, 4.69) is 10.3 Å². The molecule has 0 fully saturated rings. The first-order valence-electron chi connectivity index (χ1n) is 8.39. The minimum absolute atomic E-state index is 0.132. The Morgan fingerprint density at radius 3 is 2.32 bits per heavy atom. The zero-order valence-corrected chi connectivity index (χ0v) is 16.5. The lowest BCUT2D eigenvalue weighted by Gasteiger charge is -2.09. The van der Waals surface area contributed by atoms with Crippen LogP contribution >= 0.6 is 11.3 Å². The highest BCUT2D eigenvalue weighted by Gasteiger charge is 2.19. The molecule has 0 atom stereocenters. The third-order valence-electron chi connectivity index (χ3n) is 4.01. The topological polar surface area (TPSA) is 89.9 Å². The molecule has 0 unspecified atom stereocenters. The van der Waals surface area contributed by atoms with Gasteiger partial charge in [-0.05, 0) is 36.4 Å². The third-order valence-corrected chi connectivity index (χ3v) is 4.99. The normalized spacial score (nSPS) is 10.4. The number of aliphatic carboxylic acids is 1. The molecule has 0 amide bonds. The molecule has 8 heteroatoms. The Morgan fingerprint density at radius 1 is 1.04 bits per heavy atom. The molecule has 3 rings (SSSR count). The van der Waals surface area contributed by atoms with Crippen LogP contribution in [0.1, 0.15) is 4.88 Å². The quantitative estimate of drug-likeness (QED) is 0.585. The number of methoxy groups -OCH3 is 3. The summed E-state index contributed by atoms with van der Waals surface area (Å²) >= 11 is 1.30. The molecular weight excluding hydrogens is 380 g/mol. The van der Waals surface area contributed by atoms with Crippen LogP contribution in [0, 0.1) is 0 Å². The average Bonchev–Trinajstić information content (AvgIpc) is 3.09. The number of thiazole rings is 1. The molecule has 2 N–H and O–H groups in total. The Labute approximate surface area is 166 Å². The van der Waals surface area contributed by atoms with Gasteiger partial charge in [-0.3, -0.25) is 4.79 Å². The Morgan fingerprint density at radius 2 is 1.71 bits per heavy atom. The lowest BCUT2D eigenvalue weighted by atomic mass is 10.1. The van der Waals surface area contributed by atoms with Crippen molar-refractivity contribution < 1.29 is 24.1 Å². The monoisotopic (exact) mass is 400 g/mol. The highest BCUT2D eigenvalue weighted by molar-refractivity contribution is 7.16. The van der Waals surface area contributed by atoms with Gasteiger partial charge in [-0.1, -0.05) is 0 Å². The van der Waals surface area contributed by atoms with Gasteiger partial charge in [0, 0.05) is 22.2 Å². The van der Waals surface area contributed by atoms with Crippen molar-refractivity contribution >= 4 is 28.1 Å². The number of carboxylic acids is 1. The van der Waals surface area contributed by atoms with Crippen molar-refractivity contribution in [1.82, 2.24) is 4.98 Å².